The second kappa shape index (κ2) is 7.99. The van der Waals surface area contributed by atoms with E-state index in [1.807, 2.05) is 23.6 Å². The number of hydrogen-bond acceptors (Lipinski definition) is 7. The Morgan fingerprint density at radius 2 is 1.89 bits per heavy atom. The Labute approximate surface area is 160 Å². The van der Waals surface area contributed by atoms with E-state index in [1.165, 1.54) is 0 Å². The van der Waals surface area contributed by atoms with Crippen LogP contribution in [0.4, 0.5) is 0 Å². The van der Waals surface area contributed by atoms with Crippen molar-refractivity contribution in [3.8, 4) is 10.7 Å². The Morgan fingerprint density at radius 3 is 2.59 bits per heavy atom. The molecule has 1 aliphatic rings. The van der Waals surface area contributed by atoms with E-state index >= 15 is 0 Å². The van der Waals surface area contributed by atoms with Crippen molar-refractivity contribution in [1.29, 1.82) is 0 Å². The third-order valence-electron chi connectivity index (χ3n) is 4.61. The molecule has 0 saturated carbocycles. The number of nitrogens with zero attached hydrogens (tertiary/aromatic N) is 4. The minimum atomic E-state index is -0.886. The van der Waals surface area contributed by atoms with Crippen LogP contribution in [0, 0.1) is 0 Å². The van der Waals surface area contributed by atoms with Crippen LogP contribution >= 0.6 is 11.3 Å². The highest BCUT2D eigenvalue weighted by Gasteiger charge is 2.20. The highest BCUT2D eigenvalue weighted by Crippen LogP contribution is 2.21. The molecule has 27 heavy (non-hydrogen) atoms. The van der Waals surface area contributed by atoms with Crippen LogP contribution in [0.1, 0.15) is 21.8 Å². The van der Waals surface area contributed by atoms with Crippen molar-refractivity contribution in [3.05, 3.63) is 58.8 Å². The lowest BCUT2D eigenvalue weighted by molar-refractivity contribution is 0.0696. The van der Waals surface area contributed by atoms with Gasteiger partial charge in [-0.25, -0.2) is 4.79 Å². The highest BCUT2D eigenvalue weighted by molar-refractivity contribution is 7.13. The van der Waals surface area contributed by atoms with Gasteiger partial charge in [0.05, 0.1) is 17.0 Å². The second-order valence-electron chi connectivity index (χ2n) is 6.55. The molecule has 2 aromatic heterocycles. The maximum atomic E-state index is 11.1. The summed E-state index contributed by atoms with van der Waals surface area (Å²) in [5, 5.41) is 15.2. The van der Waals surface area contributed by atoms with E-state index in [-0.39, 0.29) is 0 Å². The lowest BCUT2D eigenvalue weighted by Gasteiger charge is -2.33. The van der Waals surface area contributed by atoms with E-state index in [4.69, 9.17) is 9.63 Å². The molecule has 0 bridgehead atoms. The van der Waals surface area contributed by atoms with E-state index in [0.29, 0.717) is 23.8 Å². The molecular weight excluding hydrogens is 364 g/mol. The largest absolute Gasteiger partial charge is 0.478 e. The fourth-order valence-corrected chi connectivity index (χ4v) is 3.83. The zero-order valence-electron chi connectivity index (χ0n) is 14.7. The highest BCUT2D eigenvalue weighted by atomic mass is 32.1. The van der Waals surface area contributed by atoms with E-state index in [9.17, 15) is 4.79 Å². The predicted molar refractivity (Wildman–Crippen MR) is 102 cm³/mol. The van der Waals surface area contributed by atoms with Crippen molar-refractivity contribution in [3.63, 3.8) is 0 Å². The third-order valence-corrected chi connectivity index (χ3v) is 5.48. The molecular formula is C19H20N4O3S. The summed E-state index contributed by atoms with van der Waals surface area (Å²) in [4.78, 5) is 21.2. The first-order chi connectivity index (χ1) is 13.2. The summed E-state index contributed by atoms with van der Waals surface area (Å²) in [6, 6.07) is 11.1. The number of hydrogen-bond donors (Lipinski definition) is 1. The number of carboxylic acids is 1. The van der Waals surface area contributed by atoms with E-state index in [2.05, 4.69) is 19.9 Å². The van der Waals surface area contributed by atoms with Crippen molar-refractivity contribution in [2.24, 2.45) is 0 Å². The van der Waals surface area contributed by atoms with Crippen LogP contribution in [0.5, 0.6) is 0 Å². The smallest absolute Gasteiger partial charge is 0.335 e. The summed E-state index contributed by atoms with van der Waals surface area (Å²) >= 11 is 1.60. The molecule has 1 N–H and O–H groups in total. The maximum Gasteiger partial charge on any atom is 0.335 e. The normalized spacial score (nSPS) is 15.9. The van der Waals surface area contributed by atoms with Crippen molar-refractivity contribution in [1.82, 2.24) is 19.9 Å². The second-order valence-corrected chi connectivity index (χ2v) is 7.49. The Balaban J connectivity index is 1.29. The van der Waals surface area contributed by atoms with Gasteiger partial charge in [-0.2, -0.15) is 4.98 Å². The zero-order chi connectivity index (χ0) is 18.6. The van der Waals surface area contributed by atoms with Gasteiger partial charge in [-0.3, -0.25) is 9.80 Å². The molecule has 4 rings (SSSR count). The molecule has 3 aromatic rings. The lowest BCUT2D eigenvalue weighted by Crippen LogP contribution is -2.45. The maximum absolute atomic E-state index is 11.1. The fourth-order valence-electron chi connectivity index (χ4n) is 3.18. The van der Waals surface area contributed by atoms with Crippen LogP contribution in [0.15, 0.2) is 46.3 Å². The quantitative estimate of drug-likeness (QED) is 0.700. The van der Waals surface area contributed by atoms with Gasteiger partial charge in [-0.1, -0.05) is 23.4 Å². The molecule has 7 nitrogen and oxygen atoms in total. The minimum absolute atomic E-state index is 0.337. The van der Waals surface area contributed by atoms with Crippen LogP contribution in [0.2, 0.25) is 0 Å². The molecule has 140 valence electrons. The molecule has 0 amide bonds. The van der Waals surface area contributed by atoms with E-state index in [1.54, 1.807) is 29.5 Å². The van der Waals surface area contributed by atoms with Crippen molar-refractivity contribution in [2.75, 3.05) is 26.2 Å². The third kappa shape index (κ3) is 4.41. The first-order valence-electron chi connectivity index (χ1n) is 8.81. The number of rotatable bonds is 6. The average molecular weight is 384 g/mol. The van der Waals surface area contributed by atoms with Gasteiger partial charge in [-0.15, -0.1) is 11.3 Å². The number of aromatic nitrogens is 2. The molecule has 1 saturated heterocycles. The van der Waals surface area contributed by atoms with Crippen molar-refractivity contribution >= 4 is 17.3 Å². The van der Waals surface area contributed by atoms with Crippen LogP contribution in [0.25, 0.3) is 10.7 Å². The van der Waals surface area contributed by atoms with E-state index in [0.717, 1.165) is 43.2 Å². The average Bonchev–Trinajstić information content (AvgIpc) is 3.35. The molecule has 0 radical (unpaired) electrons. The van der Waals surface area contributed by atoms with Gasteiger partial charge in [0.2, 0.25) is 11.7 Å². The van der Waals surface area contributed by atoms with Gasteiger partial charge >= 0.3 is 5.97 Å². The van der Waals surface area contributed by atoms with Crippen LogP contribution in [-0.2, 0) is 13.1 Å². The summed E-state index contributed by atoms with van der Waals surface area (Å²) < 4.78 is 5.38. The van der Waals surface area contributed by atoms with Crippen LogP contribution in [0.3, 0.4) is 0 Å². The molecule has 1 aliphatic heterocycles. The number of piperazine rings is 1. The van der Waals surface area contributed by atoms with Crippen molar-refractivity contribution < 1.29 is 14.4 Å². The molecule has 0 unspecified atom stereocenters. The minimum Gasteiger partial charge on any atom is -0.478 e. The number of benzene rings is 1. The van der Waals surface area contributed by atoms with Crippen LogP contribution in [-0.4, -0.2) is 57.2 Å². The molecule has 1 aromatic carbocycles. The molecule has 0 spiro atoms. The summed E-state index contributed by atoms with van der Waals surface area (Å²) in [5.74, 6) is 0.404. The van der Waals surface area contributed by atoms with Gasteiger partial charge in [-0.05, 0) is 29.1 Å². The summed E-state index contributed by atoms with van der Waals surface area (Å²) in [6.45, 7) is 5.08. The first kappa shape index (κ1) is 17.8. The van der Waals surface area contributed by atoms with Gasteiger partial charge in [0.1, 0.15) is 0 Å². The lowest BCUT2D eigenvalue weighted by atomic mass is 10.1. The number of aromatic carboxylic acids is 1. The van der Waals surface area contributed by atoms with Gasteiger partial charge in [0.15, 0.2) is 0 Å². The number of carbonyl (C=O) groups is 1. The molecule has 3 heterocycles. The van der Waals surface area contributed by atoms with Gasteiger partial charge in [0, 0.05) is 32.7 Å². The fraction of sp³-hybridized carbons (Fsp3) is 0.316. The summed E-state index contributed by atoms with van der Waals surface area (Å²) in [6.07, 6.45) is 0. The topological polar surface area (TPSA) is 82.7 Å². The van der Waals surface area contributed by atoms with E-state index < -0.39 is 5.97 Å². The summed E-state index contributed by atoms with van der Waals surface area (Å²) in [7, 11) is 0. The predicted octanol–water partition coefficient (Wildman–Crippen LogP) is 2.81. The molecule has 0 atom stereocenters. The SMILES string of the molecule is O=C(O)c1cccc(CN2CCN(Cc3nc(-c4cccs4)no3)CC2)c1. The molecule has 1 fully saturated rings. The Bertz CT molecular complexity index is 901. The van der Waals surface area contributed by atoms with Gasteiger partial charge < -0.3 is 9.63 Å². The zero-order valence-corrected chi connectivity index (χ0v) is 15.6. The first-order valence-corrected chi connectivity index (χ1v) is 9.69. The Hall–Kier alpha value is -2.55. The van der Waals surface area contributed by atoms with Crippen molar-refractivity contribution in [2.45, 2.75) is 13.1 Å². The van der Waals surface area contributed by atoms with Crippen LogP contribution < -0.4 is 0 Å². The Morgan fingerprint density at radius 1 is 1.11 bits per heavy atom. The number of thiophene rings is 1. The van der Waals surface area contributed by atoms with Gasteiger partial charge in [0.25, 0.3) is 0 Å². The molecule has 0 aliphatic carbocycles. The monoisotopic (exact) mass is 384 g/mol. The summed E-state index contributed by atoms with van der Waals surface area (Å²) in [5.41, 5.74) is 1.37. The Kier molecular flexibility index (Phi) is 5.28. The standard InChI is InChI=1S/C19H20N4O3S/c24-19(25)15-4-1-3-14(11-15)12-22-6-8-23(9-7-22)13-17-20-18(21-26-17)16-5-2-10-27-16/h1-5,10-11H,6-9,12-13H2,(H,24,25). The number of carboxylic acid groups (broad SMARTS) is 1. The molecule has 8 heteroatoms.